The van der Waals surface area contributed by atoms with E-state index in [0.717, 1.165) is 11.6 Å². The van der Waals surface area contributed by atoms with E-state index in [9.17, 15) is 13.6 Å². The third-order valence-corrected chi connectivity index (χ3v) is 5.06. The number of halogens is 2. The minimum absolute atomic E-state index is 0.0887. The fourth-order valence-corrected chi connectivity index (χ4v) is 3.75. The fourth-order valence-electron chi connectivity index (χ4n) is 3.75. The summed E-state index contributed by atoms with van der Waals surface area (Å²) in [6, 6.07) is 13.4. The molecular weight excluding hydrogens is 376 g/mol. The summed E-state index contributed by atoms with van der Waals surface area (Å²) in [5.74, 6) is -0.651. The summed E-state index contributed by atoms with van der Waals surface area (Å²) in [6.45, 7) is 3.10. The zero-order valence-electron chi connectivity index (χ0n) is 15.9. The Kier molecular flexibility index (Phi) is 5.35. The molecule has 0 radical (unpaired) electrons. The van der Waals surface area contributed by atoms with Crippen LogP contribution in [0.4, 0.5) is 8.78 Å². The van der Waals surface area contributed by atoms with Crippen LogP contribution in [0, 0.1) is 11.6 Å². The van der Waals surface area contributed by atoms with Gasteiger partial charge in [0.15, 0.2) is 17.5 Å². The normalized spacial score (nSPS) is 19.4. The van der Waals surface area contributed by atoms with Crippen LogP contribution in [0.1, 0.15) is 24.2 Å². The molecule has 29 heavy (non-hydrogen) atoms. The number of aromatic nitrogens is 3. The summed E-state index contributed by atoms with van der Waals surface area (Å²) in [5.41, 5.74) is 1.58. The van der Waals surface area contributed by atoms with E-state index >= 15 is 0 Å². The van der Waals surface area contributed by atoms with Crippen molar-refractivity contribution < 1.29 is 13.6 Å². The van der Waals surface area contributed by atoms with Gasteiger partial charge in [0.05, 0.1) is 12.0 Å². The first-order valence-electron chi connectivity index (χ1n) is 9.40. The number of carbonyl (C=O) groups is 1. The Hall–Kier alpha value is -3.13. The minimum Gasteiger partial charge on any atom is -0.352 e. The zero-order chi connectivity index (χ0) is 20.4. The van der Waals surface area contributed by atoms with E-state index in [2.05, 4.69) is 25.4 Å². The van der Waals surface area contributed by atoms with Crippen molar-refractivity contribution >= 4 is 5.91 Å². The highest BCUT2D eigenvalue weighted by Crippen LogP contribution is 2.28. The van der Waals surface area contributed by atoms with E-state index < -0.39 is 11.6 Å². The zero-order valence-corrected chi connectivity index (χ0v) is 15.9. The highest BCUT2D eigenvalue weighted by atomic mass is 19.2. The number of aromatic amines is 1. The largest absolute Gasteiger partial charge is 0.352 e. The second-order valence-corrected chi connectivity index (χ2v) is 7.27. The van der Waals surface area contributed by atoms with Gasteiger partial charge in [0.2, 0.25) is 5.91 Å². The molecule has 0 bridgehead atoms. The van der Waals surface area contributed by atoms with Crippen molar-refractivity contribution in [2.24, 2.45) is 0 Å². The van der Waals surface area contributed by atoms with Crippen molar-refractivity contribution in [3.63, 3.8) is 0 Å². The summed E-state index contributed by atoms with van der Waals surface area (Å²) in [4.78, 5) is 18.4. The van der Waals surface area contributed by atoms with Crippen LogP contribution < -0.4 is 5.32 Å². The van der Waals surface area contributed by atoms with E-state index in [-0.39, 0.29) is 17.9 Å². The maximum atomic E-state index is 13.5. The third-order valence-electron chi connectivity index (χ3n) is 5.06. The van der Waals surface area contributed by atoms with Gasteiger partial charge in [0.25, 0.3) is 0 Å². The highest BCUT2D eigenvalue weighted by Gasteiger charge is 2.36. The molecule has 0 unspecified atom stereocenters. The van der Waals surface area contributed by atoms with Crippen LogP contribution in [0.5, 0.6) is 0 Å². The van der Waals surface area contributed by atoms with E-state index in [1.54, 1.807) is 6.07 Å². The summed E-state index contributed by atoms with van der Waals surface area (Å²) < 4.78 is 26.7. The van der Waals surface area contributed by atoms with Crippen LogP contribution in [-0.4, -0.2) is 45.1 Å². The van der Waals surface area contributed by atoms with Crippen molar-refractivity contribution in [2.45, 2.75) is 25.4 Å². The smallest absolute Gasteiger partial charge is 0.217 e. The topological polar surface area (TPSA) is 73.9 Å². The standard InChI is InChI=1S/C21H21F2N5O/c1-13(29)24-19-12-28(10-14-7-8-17(22)18(23)9-14)11-16(19)21-25-20(26-27-21)15-5-3-2-4-6-15/h2-9,16,19H,10-12H2,1H3,(H,24,29)(H,25,26,27)/t16-,19-/m1/s1. The second-order valence-electron chi connectivity index (χ2n) is 7.27. The molecule has 1 amide bonds. The van der Waals surface area contributed by atoms with Gasteiger partial charge in [-0.1, -0.05) is 36.4 Å². The van der Waals surface area contributed by atoms with E-state index in [4.69, 9.17) is 0 Å². The first-order valence-corrected chi connectivity index (χ1v) is 9.40. The van der Waals surface area contributed by atoms with E-state index in [0.29, 0.717) is 36.8 Å². The molecular formula is C21H21F2N5O. The number of amides is 1. The fraction of sp³-hybridized carbons (Fsp3) is 0.286. The maximum absolute atomic E-state index is 13.5. The first kappa shape index (κ1) is 19.2. The molecule has 3 aromatic rings. The predicted octanol–water partition coefficient (Wildman–Crippen LogP) is 2.85. The minimum atomic E-state index is -0.862. The third kappa shape index (κ3) is 4.32. The van der Waals surface area contributed by atoms with Crippen molar-refractivity contribution in [1.82, 2.24) is 25.4 Å². The number of H-pyrrole nitrogens is 1. The summed E-state index contributed by atoms with van der Waals surface area (Å²) in [7, 11) is 0. The predicted molar refractivity (Wildman–Crippen MR) is 104 cm³/mol. The first-order chi connectivity index (χ1) is 14.0. The SMILES string of the molecule is CC(=O)N[C@@H]1CN(Cc2ccc(F)c(F)c2)C[C@H]1c1nc(-c2ccccc2)n[nH]1. The highest BCUT2D eigenvalue weighted by molar-refractivity contribution is 5.73. The lowest BCUT2D eigenvalue weighted by Gasteiger charge is -2.17. The Bertz CT molecular complexity index is 1010. The molecule has 4 rings (SSSR count). The number of hydrogen-bond acceptors (Lipinski definition) is 4. The molecule has 0 aliphatic carbocycles. The molecule has 8 heteroatoms. The molecule has 1 aromatic heterocycles. The molecule has 1 aliphatic heterocycles. The van der Waals surface area contributed by atoms with Gasteiger partial charge in [0, 0.05) is 32.1 Å². The Morgan fingerprint density at radius 1 is 1.17 bits per heavy atom. The number of likely N-dealkylation sites (tertiary alicyclic amines) is 1. The lowest BCUT2D eigenvalue weighted by atomic mass is 10.0. The van der Waals surface area contributed by atoms with Crippen LogP contribution >= 0.6 is 0 Å². The molecule has 2 N–H and O–H groups in total. The monoisotopic (exact) mass is 397 g/mol. The molecule has 0 saturated carbocycles. The molecule has 1 saturated heterocycles. The maximum Gasteiger partial charge on any atom is 0.217 e. The van der Waals surface area contributed by atoms with Gasteiger partial charge >= 0.3 is 0 Å². The van der Waals surface area contributed by atoms with Crippen LogP contribution in [0.3, 0.4) is 0 Å². The molecule has 2 aromatic carbocycles. The Morgan fingerprint density at radius 3 is 2.69 bits per heavy atom. The number of benzene rings is 2. The van der Waals surface area contributed by atoms with Gasteiger partial charge in [0.1, 0.15) is 5.82 Å². The average molecular weight is 397 g/mol. The molecule has 2 heterocycles. The van der Waals surface area contributed by atoms with Gasteiger partial charge in [-0.2, -0.15) is 5.10 Å². The van der Waals surface area contributed by atoms with Gasteiger partial charge in [-0.25, -0.2) is 13.8 Å². The van der Waals surface area contributed by atoms with Crippen molar-refractivity contribution in [1.29, 1.82) is 0 Å². The van der Waals surface area contributed by atoms with Crippen LogP contribution in [0.2, 0.25) is 0 Å². The van der Waals surface area contributed by atoms with Crippen molar-refractivity contribution in [3.05, 3.63) is 71.6 Å². The molecule has 150 valence electrons. The molecule has 1 fully saturated rings. The summed E-state index contributed by atoms with van der Waals surface area (Å²) >= 11 is 0. The molecule has 1 aliphatic rings. The van der Waals surface area contributed by atoms with Crippen molar-refractivity contribution in [3.8, 4) is 11.4 Å². The second kappa shape index (κ2) is 8.08. The van der Waals surface area contributed by atoms with Crippen LogP contribution in [-0.2, 0) is 11.3 Å². The average Bonchev–Trinajstić information content (AvgIpc) is 3.32. The van der Waals surface area contributed by atoms with Gasteiger partial charge in [-0.3, -0.25) is 14.8 Å². The van der Waals surface area contributed by atoms with E-state index in [1.165, 1.54) is 13.0 Å². The lowest BCUT2D eigenvalue weighted by molar-refractivity contribution is -0.119. The quantitative estimate of drug-likeness (QED) is 0.694. The number of nitrogens with one attached hydrogen (secondary N) is 2. The van der Waals surface area contributed by atoms with Crippen LogP contribution in [0.25, 0.3) is 11.4 Å². The molecule has 2 atom stereocenters. The van der Waals surface area contributed by atoms with Gasteiger partial charge in [-0.05, 0) is 17.7 Å². The van der Waals surface area contributed by atoms with Crippen LogP contribution in [0.15, 0.2) is 48.5 Å². The number of rotatable bonds is 5. The molecule has 6 nitrogen and oxygen atoms in total. The Labute approximate surface area is 167 Å². The number of nitrogens with zero attached hydrogens (tertiary/aromatic N) is 3. The van der Waals surface area contributed by atoms with E-state index in [1.807, 2.05) is 30.3 Å². The Morgan fingerprint density at radius 2 is 1.97 bits per heavy atom. The number of hydrogen-bond donors (Lipinski definition) is 2. The summed E-state index contributed by atoms with van der Waals surface area (Å²) in [5, 5.41) is 10.3. The Balaban J connectivity index is 1.54. The lowest BCUT2D eigenvalue weighted by Crippen LogP contribution is -2.38. The van der Waals surface area contributed by atoms with Gasteiger partial charge in [-0.15, -0.1) is 0 Å². The molecule has 0 spiro atoms. The van der Waals surface area contributed by atoms with Crippen molar-refractivity contribution in [2.75, 3.05) is 13.1 Å². The number of carbonyl (C=O) groups excluding carboxylic acids is 1. The summed E-state index contributed by atoms with van der Waals surface area (Å²) in [6.07, 6.45) is 0. The van der Waals surface area contributed by atoms with Gasteiger partial charge < -0.3 is 5.32 Å².